The van der Waals surface area contributed by atoms with Crippen LogP contribution in [0.4, 0.5) is 13.2 Å². The lowest BCUT2D eigenvalue weighted by molar-refractivity contribution is -0.274. The maximum atomic E-state index is 12.8. The van der Waals surface area contributed by atoms with Gasteiger partial charge in [-0.15, -0.1) is 13.2 Å². The number of ether oxygens (including phenoxy) is 2. The topological polar surface area (TPSA) is 110 Å². The predicted octanol–water partition coefficient (Wildman–Crippen LogP) is 3.04. The zero-order valence-electron chi connectivity index (χ0n) is 17.5. The van der Waals surface area contributed by atoms with Crippen molar-refractivity contribution in [3.05, 3.63) is 52.8 Å². The first kappa shape index (κ1) is 22.7. The number of amides is 2. The van der Waals surface area contributed by atoms with E-state index in [0.29, 0.717) is 35.6 Å². The molecule has 4 aliphatic rings. The summed E-state index contributed by atoms with van der Waals surface area (Å²) in [7, 11) is 0. The van der Waals surface area contributed by atoms with Crippen LogP contribution in [0, 0.1) is 0 Å². The molecule has 0 radical (unpaired) electrons. The summed E-state index contributed by atoms with van der Waals surface area (Å²) < 4.78 is 46.2. The van der Waals surface area contributed by atoms with Gasteiger partial charge in [-0.1, -0.05) is 11.6 Å². The molecular weight excluding hydrogens is 479 g/mol. The van der Waals surface area contributed by atoms with Gasteiger partial charge in [0.05, 0.1) is 12.3 Å². The Morgan fingerprint density at radius 2 is 1.85 bits per heavy atom. The molecule has 2 bridgehead atoms. The van der Waals surface area contributed by atoms with Crippen LogP contribution in [0.3, 0.4) is 0 Å². The van der Waals surface area contributed by atoms with Crippen molar-refractivity contribution in [3.8, 4) is 11.5 Å². The number of carbonyl (C=O) groups is 2. The molecule has 2 heterocycles. The van der Waals surface area contributed by atoms with Crippen LogP contribution in [-0.2, 0) is 4.79 Å². The van der Waals surface area contributed by atoms with Crippen molar-refractivity contribution in [2.75, 3.05) is 0 Å². The molecule has 6 rings (SSSR count). The number of fused-ring (bicyclic) bond motifs is 1. The largest absolute Gasteiger partial charge is 0.573 e. The number of nitrogens with one attached hydrogen (secondary N) is 2. The Morgan fingerprint density at radius 3 is 2.50 bits per heavy atom. The van der Waals surface area contributed by atoms with Gasteiger partial charge < -0.3 is 25.2 Å². The molecular formula is C22H19ClF3N3O5. The first-order chi connectivity index (χ1) is 15.9. The van der Waals surface area contributed by atoms with Crippen LogP contribution in [0.1, 0.15) is 47.8 Å². The van der Waals surface area contributed by atoms with E-state index < -0.39 is 41.3 Å². The molecule has 3 aliphatic carbocycles. The first-order valence-corrected chi connectivity index (χ1v) is 10.8. The van der Waals surface area contributed by atoms with Crippen molar-refractivity contribution in [3.63, 3.8) is 0 Å². The number of benzene rings is 1. The summed E-state index contributed by atoms with van der Waals surface area (Å²) >= 11 is 5.95. The highest BCUT2D eigenvalue weighted by Crippen LogP contribution is 2.60. The lowest BCUT2D eigenvalue weighted by atomic mass is 9.44. The molecule has 1 aliphatic heterocycles. The van der Waals surface area contributed by atoms with Gasteiger partial charge in [-0.05, 0) is 49.6 Å². The summed E-state index contributed by atoms with van der Waals surface area (Å²) in [6, 6.07) is 7.00. The molecule has 0 unspecified atom stereocenters. The zero-order valence-corrected chi connectivity index (χ0v) is 18.2. The Morgan fingerprint density at radius 1 is 1.15 bits per heavy atom. The number of pyridine rings is 1. The quantitative estimate of drug-likeness (QED) is 0.586. The molecule has 34 heavy (non-hydrogen) atoms. The second-order valence-electron chi connectivity index (χ2n) is 9.00. The number of hydrogen-bond acceptors (Lipinski definition) is 6. The van der Waals surface area contributed by atoms with Crippen LogP contribution in [-0.4, -0.2) is 45.4 Å². The highest BCUT2D eigenvalue weighted by Gasteiger charge is 2.69. The van der Waals surface area contributed by atoms with Crippen molar-refractivity contribution in [2.24, 2.45) is 0 Å². The lowest BCUT2D eigenvalue weighted by Gasteiger charge is -2.70. The summed E-state index contributed by atoms with van der Waals surface area (Å²) in [6.45, 7) is 0. The van der Waals surface area contributed by atoms with Crippen molar-refractivity contribution in [2.45, 2.75) is 55.3 Å². The smallest absolute Gasteiger partial charge is 0.480 e. The number of aromatic nitrogens is 1. The third-order valence-corrected chi connectivity index (χ3v) is 6.56. The van der Waals surface area contributed by atoms with Gasteiger partial charge in [0, 0.05) is 28.1 Å². The summed E-state index contributed by atoms with van der Waals surface area (Å²) in [4.78, 5) is 28.9. The summed E-state index contributed by atoms with van der Waals surface area (Å²) in [6.07, 6.45) is -4.12. The summed E-state index contributed by atoms with van der Waals surface area (Å²) in [5.74, 6) is -0.978. The maximum absolute atomic E-state index is 12.8. The maximum Gasteiger partial charge on any atom is 0.573 e. The molecule has 1 aromatic heterocycles. The Labute approximate surface area is 196 Å². The number of alkyl halides is 3. The Balaban J connectivity index is 1.13. The molecule has 3 N–H and O–H groups in total. The molecule has 0 spiro atoms. The Kier molecular flexibility index (Phi) is 5.17. The fourth-order valence-corrected chi connectivity index (χ4v) is 5.17. The molecule has 3 fully saturated rings. The standard InChI is InChI=1S/C22H19ClF3N3O5/c23-11-1-4-16-13(5-11)15(30)6-17(33-16)19(32)29-21-8-20(9-21,10-21)28-18(31)14-3-2-12(7-27-14)34-22(24,25)26/h1-5,7,15,17,30H,6,8-10H2,(H,28,31)(H,29,32)/t15-,17-,20?,21?/m1/s1. The van der Waals surface area contributed by atoms with Crippen LogP contribution in [0.2, 0.25) is 5.02 Å². The van der Waals surface area contributed by atoms with Gasteiger partial charge in [0.1, 0.15) is 17.2 Å². The van der Waals surface area contributed by atoms with Crippen LogP contribution in [0.5, 0.6) is 11.5 Å². The number of nitrogens with zero attached hydrogens (tertiary/aromatic N) is 1. The predicted molar refractivity (Wildman–Crippen MR) is 111 cm³/mol. The number of carbonyl (C=O) groups excluding carboxylic acids is 2. The highest BCUT2D eigenvalue weighted by atomic mass is 35.5. The number of aliphatic hydroxyl groups excluding tert-OH is 1. The number of aliphatic hydroxyl groups is 1. The fourth-order valence-electron chi connectivity index (χ4n) is 4.99. The van der Waals surface area contributed by atoms with Crippen molar-refractivity contribution >= 4 is 23.4 Å². The van der Waals surface area contributed by atoms with E-state index in [1.54, 1.807) is 18.2 Å². The van der Waals surface area contributed by atoms with Gasteiger partial charge in [0.2, 0.25) is 0 Å². The van der Waals surface area contributed by atoms with E-state index in [1.165, 1.54) is 0 Å². The minimum Gasteiger partial charge on any atom is -0.480 e. The van der Waals surface area contributed by atoms with E-state index in [-0.39, 0.29) is 18.0 Å². The lowest BCUT2D eigenvalue weighted by Crippen LogP contribution is -2.84. The zero-order chi connectivity index (χ0) is 24.3. The molecule has 3 saturated carbocycles. The molecule has 180 valence electrons. The van der Waals surface area contributed by atoms with Crippen molar-refractivity contribution in [1.82, 2.24) is 15.6 Å². The average molecular weight is 498 g/mol. The monoisotopic (exact) mass is 497 g/mol. The summed E-state index contributed by atoms with van der Waals surface area (Å²) in [5, 5.41) is 16.6. The second kappa shape index (κ2) is 7.74. The molecule has 1 aromatic carbocycles. The Bertz CT molecular complexity index is 1140. The molecule has 12 heteroatoms. The van der Waals surface area contributed by atoms with E-state index in [4.69, 9.17) is 16.3 Å². The molecule has 2 aromatic rings. The third-order valence-electron chi connectivity index (χ3n) is 6.33. The van der Waals surface area contributed by atoms with E-state index in [0.717, 1.165) is 18.3 Å². The third kappa shape index (κ3) is 4.25. The molecule has 0 saturated heterocycles. The second-order valence-corrected chi connectivity index (χ2v) is 9.44. The van der Waals surface area contributed by atoms with E-state index in [1.807, 2.05) is 0 Å². The minimum absolute atomic E-state index is 0.0410. The van der Waals surface area contributed by atoms with Gasteiger partial charge >= 0.3 is 6.36 Å². The average Bonchev–Trinajstić information content (AvgIpc) is 2.70. The molecule has 2 atom stereocenters. The number of rotatable bonds is 5. The van der Waals surface area contributed by atoms with Crippen molar-refractivity contribution < 1.29 is 37.3 Å². The number of halogens is 4. The SMILES string of the molecule is O=C(NC12CC(NC(=O)[C@H]3C[C@@H](O)c4cc(Cl)ccc4O3)(C1)C2)c1ccc(OC(F)(F)F)cn1. The minimum atomic E-state index is -4.84. The normalized spacial score (nSPS) is 29.0. The van der Waals surface area contributed by atoms with Crippen molar-refractivity contribution in [1.29, 1.82) is 0 Å². The molecule has 8 nitrogen and oxygen atoms in total. The van der Waals surface area contributed by atoms with E-state index >= 15 is 0 Å². The Hall–Kier alpha value is -3.05. The molecule has 2 amide bonds. The van der Waals surface area contributed by atoms with E-state index in [9.17, 15) is 27.9 Å². The fraction of sp³-hybridized carbons (Fsp3) is 0.409. The van der Waals surface area contributed by atoms with Crippen LogP contribution >= 0.6 is 11.6 Å². The van der Waals surface area contributed by atoms with Gasteiger partial charge in [0.15, 0.2) is 6.10 Å². The van der Waals surface area contributed by atoms with Gasteiger partial charge in [-0.2, -0.15) is 0 Å². The number of hydrogen-bond donors (Lipinski definition) is 3. The van der Waals surface area contributed by atoms with Gasteiger partial charge in [-0.25, -0.2) is 4.98 Å². The van der Waals surface area contributed by atoms with E-state index in [2.05, 4.69) is 20.4 Å². The highest BCUT2D eigenvalue weighted by molar-refractivity contribution is 6.30. The van der Waals surface area contributed by atoms with Crippen LogP contribution in [0.25, 0.3) is 0 Å². The van der Waals surface area contributed by atoms with Crippen LogP contribution in [0.15, 0.2) is 36.5 Å². The van der Waals surface area contributed by atoms with Gasteiger partial charge in [0.25, 0.3) is 11.8 Å². The van der Waals surface area contributed by atoms with Gasteiger partial charge in [-0.3, -0.25) is 9.59 Å². The first-order valence-electron chi connectivity index (χ1n) is 10.5. The van der Waals surface area contributed by atoms with Crippen LogP contribution < -0.4 is 20.1 Å². The summed E-state index contributed by atoms with van der Waals surface area (Å²) in [5.41, 5.74) is -0.462.